The smallest absolute Gasteiger partial charge is 0.253 e. The summed E-state index contributed by atoms with van der Waals surface area (Å²) in [5.74, 6) is 0.792. The zero-order valence-corrected chi connectivity index (χ0v) is 20.3. The van der Waals surface area contributed by atoms with Crippen LogP contribution in [-0.4, -0.2) is 36.4 Å². The molecule has 2 N–H and O–H groups in total. The fraction of sp³-hybridized carbons (Fsp3) is 0.364. The van der Waals surface area contributed by atoms with E-state index >= 15 is 0 Å². The van der Waals surface area contributed by atoms with E-state index in [9.17, 15) is 4.79 Å². The van der Waals surface area contributed by atoms with Gasteiger partial charge in [0.15, 0.2) is 5.96 Å². The summed E-state index contributed by atoms with van der Waals surface area (Å²) in [5.41, 5.74) is 2.78. The van der Waals surface area contributed by atoms with Crippen LogP contribution < -0.4 is 10.6 Å². The second kappa shape index (κ2) is 13.4. The molecule has 29 heavy (non-hydrogen) atoms. The quantitative estimate of drug-likeness (QED) is 0.297. The number of halogens is 2. The van der Waals surface area contributed by atoms with Gasteiger partial charge in [0, 0.05) is 36.8 Å². The summed E-state index contributed by atoms with van der Waals surface area (Å²) in [5, 5.41) is 7.27. The molecule has 7 heteroatoms. The molecule has 0 aromatic heterocycles. The average molecular weight is 529 g/mol. The van der Waals surface area contributed by atoms with Gasteiger partial charge in [-0.15, -0.1) is 24.0 Å². The maximum absolute atomic E-state index is 12.4. The van der Waals surface area contributed by atoms with E-state index in [-0.39, 0.29) is 29.9 Å². The monoisotopic (exact) mass is 528 g/mol. The summed E-state index contributed by atoms with van der Waals surface area (Å²) in [6.45, 7) is 9.33. The third-order valence-electron chi connectivity index (χ3n) is 4.42. The highest BCUT2D eigenvalue weighted by molar-refractivity contribution is 14.0. The SMILES string of the molecule is CCNC(=NCc1ccc(C(=O)N(CC)CC)cc1)NCc1ccccc1Cl.I. The molecule has 0 aliphatic carbocycles. The molecular weight excluding hydrogens is 499 g/mol. The van der Waals surface area contributed by atoms with Crippen molar-refractivity contribution < 1.29 is 4.79 Å². The number of nitrogens with zero attached hydrogens (tertiary/aromatic N) is 2. The first-order valence-corrected chi connectivity index (χ1v) is 10.1. The number of guanidine groups is 1. The summed E-state index contributed by atoms with van der Waals surface area (Å²) in [7, 11) is 0. The van der Waals surface area contributed by atoms with Crippen LogP contribution in [0.5, 0.6) is 0 Å². The Morgan fingerprint density at radius 3 is 2.24 bits per heavy atom. The second-order valence-corrected chi connectivity index (χ2v) is 6.72. The molecular formula is C22H30ClIN4O. The number of hydrogen-bond donors (Lipinski definition) is 2. The molecule has 2 aromatic rings. The Hall–Kier alpha value is -1.80. The van der Waals surface area contributed by atoms with Crippen LogP contribution in [0.4, 0.5) is 0 Å². The van der Waals surface area contributed by atoms with Crippen molar-refractivity contribution >= 4 is 47.4 Å². The third-order valence-corrected chi connectivity index (χ3v) is 4.79. The predicted molar refractivity (Wildman–Crippen MR) is 132 cm³/mol. The predicted octanol–water partition coefficient (Wildman–Crippen LogP) is 4.70. The van der Waals surface area contributed by atoms with E-state index in [4.69, 9.17) is 11.6 Å². The van der Waals surface area contributed by atoms with E-state index in [1.807, 2.05) is 74.2 Å². The summed E-state index contributed by atoms with van der Waals surface area (Å²) in [6.07, 6.45) is 0. The fourth-order valence-corrected chi connectivity index (χ4v) is 2.98. The molecule has 2 rings (SSSR count). The maximum atomic E-state index is 12.4. The van der Waals surface area contributed by atoms with Gasteiger partial charge < -0.3 is 15.5 Å². The van der Waals surface area contributed by atoms with Gasteiger partial charge in [0.2, 0.25) is 0 Å². The number of hydrogen-bond acceptors (Lipinski definition) is 2. The number of nitrogens with one attached hydrogen (secondary N) is 2. The Bertz CT molecular complexity index is 792. The second-order valence-electron chi connectivity index (χ2n) is 6.31. The lowest BCUT2D eigenvalue weighted by Gasteiger charge is -2.18. The summed E-state index contributed by atoms with van der Waals surface area (Å²) in [4.78, 5) is 18.8. The van der Waals surface area contributed by atoms with Gasteiger partial charge >= 0.3 is 0 Å². The first-order chi connectivity index (χ1) is 13.6. The molecule has 2 aromatic carbocycles. The zero-order valence-electron chi connectivity index (χ0n) is 17.2. The number of carbonyl (C=O) groups excluding carboxylic acids is 1. The van der Waals surface area contributed by atoms with Gasteiger partial charge in [-0.3, -0.25) is 4.79 Å². The molecule has 0 aliphatic rings. The van der Waals surface area contributed by atoms with Gasteiger partial charge in [-0.2, -0.15) is 0 Å². The summed E-state index contributed by atoms with van der Waals surface area (Å²) >= 11 is 6.21. The van der Waals surface area contributed by atoms with Gasteiger partial charge in [-0.05, 0) is 50.1 Å². The molecule has 5 nitrogen and oxygen atoms in total. The Morgan fingerprint density at radius 2 is 1.66 bits per heavy atom. The molecule has 0 heterocycles. The van der Waals surface area contributed by atoms with E-state index in [0.29, 0.717) is 31.7 Å². The van der Waals surface area contributed by atoms with Gasteiger partial charge in [-0.25, -0.2) is 4.99 Å². The lowest BCUT2D eigenvalue weighted by Crippen LogP contribution is -2.36. The minimum absolute atomic E-state index is 0. The molecule has 0 bridgehead atoms. The molecule has 0 saturated heterocycles. The normalized spacial score (nSPS) is 10.8. The number of rotatable bonds is 8. The zero-order chi connectivity index (χ0) is 20.4. The van der Waals surface area contributed by atoms with Gasteiger partial charge in [-0.1, -0.05) is 41.9 Å². The first kappa shape index (κ1) is 25.2. The van der Waals surface area contributed by atoms with E-state index in [1.54, 1.807) is 0 Å². The molecule has 0 aliphatic heterocycles. The van der Waals surface area contributed by atoms with Crippen molar-refractivity contribution in [2.75, 3.05) is 19.6 Å². The highest BCUT2D eigenvalue weighted by Gasteiger charge is 2.11. The van der Waals surface area contributed by atoms with Crippen LogP contribution in [-0.2, 0) is 13.1 Å². The van der Waals surface area contributed by atoms with Crippen LogP contribution in [0.15, 0.2) is 53.5 Å². The average Bonchev–Trinajstić information content (AvgIpc) is 2.72. The Balaban J connectivity index is 0.00000420. The van der Waals surface area contributed by atoms with Crippen molar-refractivity contribution in [3.63, 3.8) is 0 Å². The molecule has 158 valence electrons. The molecule has 1 amide bonds. The van der Waals surface area contributed by atoms with Crippen molar-refractivity contribution in [1.82, 2.24) is 15.5 Å². The highest BCUT2D eigenvalue weighted by Crippen LogP contribution is 2.14. The topological polar surface area (TPSA) is 56.7 Å². The first-order valence-electron chi connectivity index (χ1n) is 9.72. The molecule has 0 spiro atoms. The Kier molecular flexibility index (Phi) is 11.7. The number of amides is 1. The fourth-order valence-electron chi connectivity index (χ4n) is 2.78. The lowest BCUT2D eigenvalue weighted by atomic mass is 10.1. The molecule has 0 fully saturated rings. The Morgan fingerprint density at radius 1 is 1.00 bits per heavy atom. The summed E-state index contributed by atoms with van der Waals surface area (Å²) < 4.78 is 0. The van der Waals surface area contributed by atoms with Crippen molar-refractivity contribution in [2.24, 2.45) is 4.99 Å². The molecule has 0 saturated carbocycles. The molecule has 0 unspecified atom stereocenters. The number of carbonyl (C=O) groups is 1. The maximum Gasteiger partial charge on any atom is 0.253 e. The highest BCUT2D eigenvalue weighted by atomic mass is 127. The Labute approximate surface area is 196 Å². The van der Waals surface area contributed by atoms with Crippen LogP contribution in [0.3, 0.4) is 0 Å². The standard InChI is InChI=1S/C22H29ClN4O.HI/c1-4-24-22(26-16-19-9-7-8-10-20(19)23)25-15-17-11-13-18(14-12-17)21(28)27(5-2)6-3;/h7-14H,4-6,15-16H2,1-3H3,(H2,24,25,26);1H. The molecule has 0 radical (unpaired) electrons. The minimum Gasteiger partial charge on any atom is -0.357 e. The summed E-state index contributed by atoms with van der Waals surface area (Å²) in [6, 6.07) is 15.4. The van der Waals surface area contributed by atoms with Gasteiger partial charge in [0.05, 0.1) is 6.54 Å². The number of aliphatic imine (C=N–C) groups is 1. The van der Waals surface area contributed by atoms with E-state index in [2.05, 4.69) is 15.6 Å². The largest absolute Gasteiger partial charge is 0.357 e. The lowest BCUT2D eigenvalue weighted by molar-refractivity contribution is 0.0773. The van der Waals surface area contributed by atoms with E-state index in [1.165, 1.54) is 0 Å². The van der Waals surface area contributed by atoms with Crippen LogP contribution in [0.25, 0.3) is 0 Å². The van der Waals surface area contributed by atoms with Crippen molar-refractivity contribution in [3.05, 3.63) is 70.2 Å². The van der Waals surface area contributed by atoms with Crippen LogP contribution in [0, 0.1) is 0 Å². The molecule has 0 atom stereocenters. The van der Waals surface area contributed by atoms with Crippen LogP contribution >= 0.6 is 35.6 Å². The van der Waals surface area contributed by atoms with Crippen molar-refractivity contribution in [3.8, 4) is 0 Å². The van der Waals surface area contributed by atoms with Crippen LogP contribution in [0.1, 0.15) is 42.3 Å². The number of benzene rings is 2. The van der Waals surface area contributed by atoms with Crippen LogP contribution in [0.2, 0.25) is 5.02 Å². The van der Waals surface area contributed by atoms with E-state index in [0.717, 1.165) is 28.7 Å². The van der Waals surface area contributed by atoms with Crippen molar-refractivity contribution in [2.45, 2.75) is 33.9 Å². The van der Waals surface area contributed by atoms with Crippen molar-refractivity contribution in [1.29, 1.82) is 0 Å². The minimum atomic E-state index is 0. The van der Waals surface area contributed by atoms with Gasteiger partial charge in [0.25, 0.3) is 5.91 Å². The van der Waals surface area contributed by atoms with E-state index < -0.39 is 0 Å². The van der Waals surface area contributed by atoms with Gasteiger partial charge in [0.1, 0.15) is 0 Å². The third kappa shape index (κ3) is 7.85.